The summed E-state index contributed by atoms with van der Waals surface area (Å²) in [5, 5.41) is 2.47. The van der Waals surface area contributed by atoms with Crippen LogP contribution in [0.4, 0.5) is 0 Å². The first-order valence-electron chi connectivity index (χ1n) is 4.93. The van der Waals surface area contributed by atoms with Crippen LogP contribution in [-0.4, -0.2) is 17.6 Å². The molecule has 82 valence electrons. The first kappa shape index (κ1) is 10.9. The highest BCUT2D eigenvalue weighted by molar-refractivity contribution is 6.31. The van der Waals surface area contributed by atoms with Gasteiger partial charge in [0, 0.05) is 16.6 Å². The van der Waals surface area contributed by atoms with E-state index < -0.39 is 5.97 Å². The second-order valence-electron chi connectivity index (χ2n) is 3.28. The fraction of sp³-hybridized carbons (Fsp3) is 0.167. The molecule has 0 aliphatic rings. The fourth-order valence-corrected chi connectivity index (χ4v) is 1.61. The minimum atomic E-state index is -0.403. The standard InChI is InChI=1S/C12H10ClNO2/c1-2-16-12(15)11-6-8-3-4-10(13)5-9(8)7-14-11/h3-7H,2H2,1H3. The Labute approximate surface area is 98.0 Å². The zero-order valence-electron chi connectivity index (χ0n) is 8.74. The quantitative estimate of drug-likeness (QED) is 0.751. The monoisotopic (exact) mass is 235 g/mol. The number of carbonyl (C=O) groups excluding carboxylic acids is 1. The lowest BCUT2D eigenvalue weighted by molar-refractivity contribution is 0.0520. The Hall–Kier alpha value is -1.61. The van der Waals surface area contributed by atoms with Gasteiger partial charge in [0.05, 0.1) is 6.61 Å². The van der Waals surface area contributed by atoms with E-state index >= 15 is 0 Å². The molecule has 1 aromatic carbocycles. The number of hydrogen-bond acceptors (Lipinski definition) is 3. The Morgan fingerprint density at radius 2 is 2.19 bits per heavy atom. The van der Waals surface area contributed by atoms with Crippen LogP contribution in [0.15, 0.2) is 30.5 Å². The number of ether oxygens (including phenoxy) is 1. The van der Waals surface area contributed by atoms with Crippen LogP contribution in [0.5, 0.6) is 0 Å². The number of hydrogen-bond donors (Lipinski definition) is 0. The van der Waals surface area contributed by atoms with E-state index in [0.717, 1.165) is 10.8 Å². The second-order valence-corrected chi connectivity index (χ2v) is 3.72. The molecule has 0 aliphatic heterocycles. The molecule has 0 saturated carbocycles. The molecule has 0 unspecified atom stereocenters. The van der Waals surface area contributed by atoms with E-state index in [4.69, 9.17) is 16.3 Å². The summed E-state index contributed by atoms with van der Waals surface area (Å²) >= 11 is 5.85. The van der Waals surface area contributed by atoms with Gasteiger partial charge in [0.15, 0.2) is 0 Å². The van der Waals surface area contributed by atoms with Gasteiger partial charge in [-0.3, -0.25) is 0 Å². The van der Waals surface area contributed by atoms with E-state index in [2.05, 4.69) is 4.98 Å². The van der Waals surface area contributed by atoms with Gasteiger partial charge >= 0.3 is 5.97 Å². The summed E-state index contributed by atoms with van der Waals surface area (Å²) in [6.45, 7) is 2.11. The molecule has 2 rings (SSSR count). The molecule has 1 heterocycles. The average Bonchev–Trinajstić information content (AvgIpc) is 2.28. The molecule has 0 amide bonds. The topological polar surface area (TPSA) is 39.2 Å². The lowest BCUT2D eigenvalue weighted by Crippen LogP contribution is -2.06. The van der Waals surface area contributed by atoms with Crippen molar-refractivity contribution in [1.82, 2.24) is 4.98 Å². The molecule has 16 heavy (non-hydrogen) atoms. The van der Waals surface area contributed by atoms with Crippen molar-refractivity contribution in [2.45, 2.75) is 6.92 Å². The maximum atomic E-state index is 11.4. The third-order valence-corrected chi connectivity index (χ3v) is 2.40. The highest BCUT2D eigenvalue weighted by Crippen LogP contribution is 2.19. The number of halogens is 1. The summed E-state index contributed by atoms with van der Waals surface area (Å²) in [7, 11) is 0. The largest absolute Gasteiger partial charge is 0.461 e. The van der Waals surface area contributed by atoms with Crippen molar-refractivity contribution in [3.05, 3.63) is 41.2 Å². The van der Waals surface area contributed by atoms with E-state index in [9.17, 15) is 4.79 Å². The molecule has 0 N–H and O–H groups in total. The lowest BCUT2D eigenvalue weighted by Gasteiger charge is -2.02. The lowest BCUT2D eigenvalue weighted by atomic mass is 10.1. The van der Waals surface area contributed by atoms with Crippen molar-refractivity contribution in [1.29, 1.82) is 0 Å². The summed E-state index contributed by atoms with van der Waals surface area (Å²) in [5.41, 5.74) is 0.316. The number of rotatable bonds is 2. The third kappa shape index (κ3) is 2.14. The molecule has 0 fully saturated rings. The number of fused-ring (bicyclic) bond motifs is 1. The first-order chi connectivity index (χ1) is 7.70. The van der Waals surface area contributed by atoms with E-state index in [1.54, 1.807) is 31.3 Å². The Kier molecular flexibility index (Phi) is 3.06. The molecule has 4 heteroatoms. The number of pyridine rings is 1. The normalized spacial score (nSPS) is 10.4. The van der Waals surface area contributed by atoms with Gasteiger partial charge in [0.25, 0.3) is 0 Å². The average molecular weight is 236 g/mol. The van der Waals surface area contributed by atoms with Crippen LogP contribution in [0.1, 0.15) is 17.4 Å². The van der Waals surface area contributed by atoms with Gasteiger partial charge < -0.3 is 4.74 Å². The predicted octanol–water partition coefficient (Wildman–Crippen LogP) is 3.06. The molecule has 0 atom stereocenters. The zero-order chi connectivity index (χ0) is 11.5. The van der Waals surface area contributed by atoms with Crippen molar-refractivity contribution >= 4 is 28.3 Å². The van der Waals surface area contributed by atoms with E-state index in [1.165, 1.54) is 0 Å². The van der Waals surface area contributed by atoms with Crippen LogP contribution >= 0.6 is 11.6 Å². The second kappa shape index (κ2) is 4.49. The smallest absolute Gasteiger partial charge is 0.356 e. The van der Waals surface area contributed by atoms with Gasteiger partial charge in [-0.15, -0.1) is 0 Å². The van der Waals surface area contributed by atoms with E-state index in [0.29, 0.717) is 17.3 Å². The van der Waals surface area contributed by atoms with Crippen LogP contribution in [0.2, 0.25) is 5.02 Å². The summed E-state index contributed by atoms with van der Waals surface area (Å²) in [5.74, 6) is -0.403. The van der Waals surface area contributed by atoms with Crippen LogP contribution in [-0.2, 0) is 4.74 Å². The molecule has 0 radical (unpaired) electrons. The fourth-order valence-electron chi connectivity index (χ4n) is 1.43. The molecule has 1 aromatic heterocycles. The van der Waals surface area contributed by atoms with Gasteiger partial charge in [-0.05, 0) is 30.5 Å². The zero-order valence-corrected chi connectivity index (χ0v) is 9.49. The van der Waals surface area contributed by atoms with Gasteiger partial charge in [-0.1, -0.05) is 17.7 Å². The van der Waals surface area contributed by atoms with Crippen LogP contribution in [0.3, 0.4) is 0 Å². The van der Waals surface area contributed by atoms with Gasteiger partial charge in [-0.2, -0.15) is 0 Å². The maximum Gasteiger partial charge on any atom is 0.356 e. The van der Waals surface area contributed by atoms with E-state index in [-0.39, 0.29) is 0 Å². The van der Waals surface area contributed by atoms with Crippen LogP contribution in [0.25, 0.3) is 10.8 Å². The Morgan fingerprint density at radius 3 is 2.94 bits per heavy atom. The predicted molar refractivity (Wildman–Crippen MR) is 62.7 cm³/mol. The summed E-state index contributed by atoms with van der Waals surface area (Å²) in [6, 6.07) is 7.13. The number of benzene rings is 1. The number of carbonyl (C=O) groups is 1. The van der Waals surface area contributed by atoms with Gasteiger partial charge in [0.2, 0.25) is 0 Å². The van der Waals surface area contributed by atoms with Crippen LogP contribution < -0.4 is 0 Å². The molecule has 0 spiro atoms. The third-order valence-electron chi connectivity index (χ3n) is 2.17. The summed E-state index contributed by atoms with van der Waals surface area (Å²) in [4.78, 5) is 15.5. The molecule has 0 saturated heterocycles. The van der Waals surface area contributed by atoms with Gasteiger partial charge in [0.1, 0.15) is 5.69 Å². The Bertz CT molecular complexity index is 540. The molecule has 0 aliphatic carbocycles. The molecule has 0 bridgehead atoms. The van der Waals surface area contributed by atoms with Crippen molar-refractivity contribution < 1.29 is 9.53 Å². The molecule has 3 nitrogen and oxygen atoms in total. The molecular weight excluding hydrogens is 226 g/mol. The minimum absolute atomic E-state index is 0.316. The highest BCUT2D eigenvalue weighted by Gasteiger charge is 2.08. The van der Waals surface area contributed by atoms with Crippen molar-refractivity contribution in [3.63, 3.8) is 0 Å². The summed E-state index contributed by atoms with van der Waals surface area (Å²) < 4.78 is 4.87. The van der Waals surface area contributed by atoms with Crippen LogP contribution in [0, 0.1) is 0 Å². The Balaban J connectivity index is 2.44. The summed E-state index contributed by atoms with van der Waals surface area (Å²) in [6.07, 6.45) is 1.62. The number of nitrogens with zero attached hydrogens (tertiary/aromatic N) is 1. The number of aromatic nitrogens is 1. The molecule has 2 aromatic rings. The van der Waals surface area contributed by atoms with Crippen molar-refractivity contribution in [2.24, 2.45) is 0 Å². The SMILES string of the molecule is CCOC(=O)c1cc2ccc(Cl)cc2cn1. The first-order valence-corrected chi connectivity index (χ1v) is 5.31. The van der Waals surface area contributed by atoms with Crippen molar-refractivity contribution in [3.8, 4) is 0 Å². The highest BCUT2D eigenvalue weighted by atomic mass is 35.5. The van der Waals surface area contributed by atoms with Gasteiger partial charge in [-0.25, -0.2) is 9.78 Å². The molecular formula is C12H10ClNO2. The maximum absolute atomic E-state index is 11.4. The minimum Gasteiger partial charge on any atom is -0.461 e. The van der Waals surface area contributed by atoms with E-state index in [1.807, 2.05) is 6.07 Å². The van der Waals surface area contributed by atoms with Crippen molar-refractivity contribution in [2.75, 3.05) is 6.61 Å². The Morgan fingerprint density at radius 1 is 1.38 bits per heavy atom. The number of esters is 1.